The first-order valence-corrected chi connectivity index (χ1v) is 8.69. The molecular weight excluding hydrogens is 338 g/mol. The number of pyridine rings is 2. The van der Waals surface area contributed by atoms with Gasteiger partial charge in [-0.05, 0) is 47.5 Å². The molecule has 0 saturated heterocycles. The highest BCUT2D eigenvalue weighted by molar-refractivity contribution is 5.98. The summed E-state index contributed by atoms with van der Waals surface area (Å²) >= 11 is 0. The minimum Gasteiger partial charge on any atom is -0.364 e. The maximum atomic E-state index is 12.0. The number of aromatic nitrogens is 3. The van der Waals surface area contributed by atoms with Gasteiger partial charge in [-0.2, -0.15) is 0 Å². The zero-order valence-electron chi connectivity index (χ0n) is 14.9. The Morgan fingerprint density at radius 1 is 1.11 bits per heavy atom. The van der Waals surface area contributed by atoms with Gasteiger partial charge in [0.05, 0.1) is 12.2 Å². The lowest BCUT2D eigenvalue weighted by Crippen LogP contribution is -2.17. The van der Waals surface area contributed by atoms with E-state index in [4.69, 9.17) is 0 Å². The predicted molar refractivity (Wildman–Crippen MR) is 106 cm³/mol. The SMILES string of the molecule is CNC(=O)c1cccc(-c2cc(NCc3ccccn3)nc3[nH]ccc23)c1. The molecule has 0 aliphatic carbocycles. The van der Waals surface area contributed by atoms with E-state index in [2.05, 4.69) is 25.6 Å². The van der Waals surface area contributed by atoms with Crippen molar-refractivity contribution in [1.29, 1.82) is 0 Å². The summed E-state index contributed by atoms with van der Waals surface area (Å²) < 4.78 is 0. The van der Waals surface area contributed by atoms with Crippen molar-refractivity contribution >= 4 is 22.8 Å². The second-order valence-electron chi connectivity index (χ2n) is 6.13. The topological polar surface area (TPSA) is 82.7 Å². The van der Waals surface area contributed by atoms with Crippen LogP contribution in [0.15, 0.2) is 67.0 Å². The number of carbonyl (C=O) groups is 1. The Morgan fingerprint density at radius 3 is 2.85 bits per heavy atom. The Balaban J connectivity index is 1.72. The molecule has 134 valence electrons. The summed E-state index contributed by atoms with van der Waals surface area (Å²) in [5, 5.41) is 7.00. The third-order valence-electron chi connectivity index (χ3n) is 4.37. The van der Waals surface area contributed by atoms with E-state index in [0.717, 1.165) is 33.7 Å². The number of hydrogen-bond donors (Lipinski definition) is 3. The number of aromatic amines is 1. The lowest BCUT2D eigenvalue weighted by molar-refractivity contribution is 0.0963. The molecule has 0 atom stereocenters. The lowest BCUT2D eigenvalue weighted by atomic mass is 10.0. The van der Waals surface area contributed by atoms with E-state index in [-0.39, 0.29) is 5.91 Å². The molecule has 3 aromatic heterocycles. The molecule has 6 heteroatoms. The number of amides is 1. The highest BCUT2D eigenvalue weighted by Gasteiger charge is 2.11. The minimum atomic E-state index is -0.107. The molecule has 4 rings (SSSR count). The summed E-state index contributed by atoms with van der Waals surface area (Å²) in [6, 6.07) is 17.4. The zero-order chi connectivity index (χ0) is 18.6. The summed E-state index contributed by atoms with van der Waals surface area (Å²) in [6.07, 6.45) is 3.64. The molecule has 0 aliphatic heterocycles. The Kier molecular flexibility index (Phi) is 4.53. The smallest absolute Gasteiger partial charge is 0.251 e. The fourth-order valence-electron chi connectivity index (χ4n) is 3.02. The van der Waals surface area contributed by atoms with Gasteiger partial charge in [-0.1, -0.05) is 18.2 Å². The molecule has 3 N–H and O–H groups in total. The third kappa shape index (κ3) is 3.50. The maximum absolute atomic E-state index is 12.0. The first kappa shape index (κ1) is 16.8. The second kappa shape index (κ2) is 7.29. The molecule has 0 spiro atoms. The zero-order valence-corrected chi connectivity index (χ0v) is 14.9. The van der Waals surface area contributed by atoms with Gasteiger partial charge in [0.15, 0.2) is 0 Å². The largest absolute Gasteiger partial charge is 0.364 e. The third-order valence-corrected chi connectivity index (χ3v) is 4.37. The Labute approximate surface area is 156 Å². The van der Waals surface area contributed by atoms with Crippen LogP contribution in [0.2, 0.25) is 0 Å². The van der Waals surface area contributed by atoms with Gasteiger partial charge >= 0.3 is 0 Å². The lowest BCUT2D eigenvalue weighted by Gasteiger charge is -2.10. The molecule has 1 amide bonds. The number of benzene rings is 1. The van der Waals surface area contributed by atoms with Gasteiger partial charge in [-0.3, -0.25) is 9.78 Å². The summed E-state index contributed by atoms with van der Waals surface area (Å²) in [7, 11) is 1.63. The summed E-state index contributed by atoms with van der Waals surface area (Å²) in [5.41, 5.74) is 4.33. The van der Waals surface area contributed by atoms with E-state index in [9.17, 15) is 4.79 Å². The van der Waals surface area contributed by atoms with Gasteiger partial charge in [0, 0.05) is 30.4 Å². The molecular formula is C21H19N5O. The number of anilines is 1. The average molecular weight is 357 g/mol. The van der Waals surface area contributed by atoms with Gasteiger partial charge < -0.3 is 15.6 Å². The molecule has 27 heavy (non-hydrogen) atoms. The number of nitrogens with zero attached hydrogens (tertiary/aromatic N) is 2. The van der Waals surface area contributed by atoms with Gasteiger partial charge in [0.2, 0.25) is 0 Å². The van der Waals surface area contributed by atoms with Crippen LogP contribution in [0.1, 0.15) is 16.1 Å². The number of rotatable bonds is 5. The van der Waals surface area contributed by atoms with Gasteiger partial charge in [0.1, 0.15) is 11.5 Å². The van der Waals surface area contributed by atoms with Crippen molar-refractivity contribution in [2.75, 3.05) is 12.4 Å². The Morgan fingerprint density at radius 2 is 2.04 bits per heavy atom. The van der Waals surface area contributed by atoms with Crippen LogP contribution in [-0.2, 0) is 6.54 Å². The standard InChI is InChI=1S/C21H19N5O/c1-22-21(27)15-6-4-5-14(11-15)18-12-19(26-20-17(18)8-10-24-20)25-13-16-7-2-3-9-23-16/h2-12H,13H2,1H3,(H,22,27)(H2,24,25,26). The highest BCUT2D eigenvalue weighted by atomic mass is 16.1. The van der Waals surface area contributed by atoms with Crippen LogP contribution in [0.4, 0.5) is 5.82 Å². The van der Waals surface area contributed by atoms with E-state index in [1.165, 1.54) is 0 Å². The Bertz CT molecular complexity index is 1090. The normalized spacial score (nSPS) is 10.7. The van der Waals surface area contributed by atoms with Crippen LogP contribution in [0, 0.1) is 0 Å². The van der Waals surface area contributed by atoms with Crippen molar-refractivity contribution in [3.63, 3.8) is 0 Å². The molecule has 0 unspecified atom stereocenters. The first-order chi connectivity index (χ1) is 13.2. The molecule has 1 aromatic carbocycles. The predicted octanol–water partition coefficient (Wildman–Crippen LogP) is 3.60. The number of hydrogen-bond acceptors (Lipinski definition) is 4. The van der Waals surface area contributed by atoms with Crippen molar-refractivity contribution in [3.8, 4) is 11.1 Å². The van der Waals surface area contributed by atoms with Crippen LogP contribution in [0.5, 0.6) is 0 Å². The monoisotopic (exact) mass is 357 g/mol. The van der Waals surface area contributed by atoms with Crippen LogP contribution in [0.25, 0.3) is 22.2 Å². The van der Waals surface area contributed by atoms with Crippen molar-refractivity contribution < 1.29 is 4.79 Å². The van der Waals surface area contributed by atoms with Crippen LogP contribution >= 0.6 is 0 Å². The molecule has 0 radical (unpaired) electrons. The highest BCUT2D eigenvalue weighted by Crippen LogP contribution is 2.30. The summed E-state index contributed by atoms with van der Waals surface area (Å²) in [5.74, 6) is 0.640. The van der Waals surface area contributed by atoms with Crippen molar-refractivity contribution in [2.24, 2.45) is 0 Å². The number of carbonyl (C=O) groups excluding carboxylic acids is 1. The van der Waals surface area contributed by atoms with E-state index in [1.54, 1.807) is 19.3 Å². The Hall–Kier alpha value is -3.67. The number of nitrogens with one attached hydrogen (secondary N) is 3. The average Bonchev–Trinajstić information content (AvgIpc) is 3.20. The van der Waals surface area contributed by atoms with Gasteiger partial charge in [-0.15, -0.1) is 0 Å². The molecule has 0 aliphatic rings. The molecule has 3 heterocycles. The van der Waals surface area contributed by atoms with E-state index >= 15 is 0 Å². The molecule has 0 saturated carbocycles. The quantitative estimate of drug-likeness (QED) is 0.510. The van der Waals surface area contributed by atoms with E-state index in [0.29, 0.717) is 12.1 Å². The molecule has 6 nitrogen and oxygen atoms in total. The molecule has 0 bridgehead atoms. The van der Waals surface area contributed by atoms with E-state index < -0.39 is 0 Å². The van der Waals surface area contributed by atoms with Crippen LogP contribution < -0.4 is 10.6 Å². The number of fused-ring (bicyclic) bond motifs is 1. The van der Waals surface area contributed by atoms with Crippen molar-refractivity contribution in [3.05, 3.63) is 78.2 Å². The maximum Gasteiger partial charge on any atom is 0.251 e. The fourth-order valence-corrected chi connectivity index (χ4v) is 3.02. The van der Waals surface area contributed by atoms with Gasteiger partial charge in [0.25, 0.3) is 5.91 Å². The summed E-state index contributed by atoms with van der Waals surface area (Å²) in [6.45, 7) is 0.581. The fraction of sp³-hybridized carbons (Fsp3) is 0.0952. The van der Waals surface area contributed by atoms with Crippen molar-refractivity contribution in [1.82, 2.24) is 20.3 Å². The van der Waals surface area contributed by atoms with E-state index in [1.807, 2.05) is 54.7 Å². The van der Waals surface area contributed by atoms with Crippen molar-refractivity contribution in [2.45, 2.75) is 6.54 Å². The second-order valence-corrected chi connectivity index (χ2v) is 6.13. The minimum absolute atomic E-state index is 0.107. The molecule has 4 aromatic rings. The number of H-pyrrole nitrogens is 1. The van der Waals surface area contributed by atoms with Crippen LogP contribution in [-0.4, -0.2) is 27.9 Å². The summed E-state index contributed by atoms with van der Waals surface area (Å²) in [4.78, 5) is 24.1. The van der Waals surface area contributed by atoms with Gasteiger partial charge in [-0.25, -0.2) is 4.98 Å². The molecule has 0 fully saturated rings. The first-order valence-electron chi connectivity index (χ1n) is 8.69. The van der Waals surface area contributed by atoms with Crippen LogP contribution in [0.3, 0.4) is 0 Å².